The van der Waals surface area contributed by atoms with E-state index < -0.39 is 5.97 Å². The van der Waals surface area contributed by atoms with Crippen LogP contribution in [0.5, 0.6) is 0 Å². The Morgan fingerprint density at radius 3 is 2.65 bits per heavy atom. The van der Waals surface area contributed by atoms with Gasteiger partial charge in [0.2, 0.25) is 0 Å². The first-order valence-corrected chi connectivity index (χ1v) is 8.19. The zero-order chi connectivity index (χ0) is 19.0. The monoisotopic (exact) mass is 372 g/mol. The number of carbonyl (C=O) groups is 2. The van der Waals surface area contributed by atoms with Gasteiger partial charge in [-0.25, -0.2) is 9.78 Å². The van der Waals surface area contributed by atoms with Gasteiger partial charge < -0.3 is 10.1 Å². The quantitative estimate of drug-likeness (QED) is 0.713. The minimum Gasteiger partial charge on any atom is -0.465 e. The van der Waals surface area contributed by atoms with Gasteiger partial charge in [0.15, 0.2) is 5.65 Å². The van der Waals surface area contributed by atoms with Gasteiger partial charge in [0.05, 0.1) is 40.0 Å². The average Bonchev–Trinajstić information content (AvgIpc) is 2.89. The fourth-order valence-electron chi connectivity index (χ4n) is 2.80. The van der Waals surface area contributed by atoms with Gasteiger partial charge in [-0.15, -0.1) is 0 Å². The van der Waals surface area contributed by atoms with Gasteiger partial charge in [0.25, 0.3) is 5.91 Å². The van der Waals surface area contributed by atoms with Gasteiger partial charge in [0.1, 0.15) is 0 Å². The molecule has 0 aliphatic carbocycles. The summed E-state index contributed by atoms with van der Waals surface area (Å²) in [5.41, 5.74) is 3.08. The number of hydrogen-bond acceptors (Lipinski definition) is 5. The lowest BCUT2D eigenvalue weighted by Gasteiger charge is -2.10. The van der Waals surface area contributed by atoms with E-state index in [4.69, 9.17) is 16.3 Å². The van der Waals surface area contributed by atoms with E-state index in [2.05, 4.69) is 15.4 Å². The van der Waals surface area contributed by atoms with E-state index in [0.29, 0.717) is 44.3 Å². The molecule has 26 heavy (non-hydrogen) atoms. The number of methoxy groups -OCH3 is 1. The third kappa shape index (κ3) is 3.13. The van der Waals surface area contributed by atoms with Gasteiger partial charge in [0, 0.05) is 12.7 Å². The van der Waals surface area contributed by atoms with Crippen LogP contribution in [0, 0.1) is 13.8 Å². The standard InChI is InChI=1S/C18H17ClN4O3/c1-9-7-12(15-10(2)22-23(3)16(15)20-9)17(24)21-14-8-11(18(25)26-4)5-6-13(14)19/h5-8H,1-4H3,(H,21,24). The van der Waals surface area contributed by atoms with E-state index >= 15 is 0 Å². The lowest BCUT2D eigenvalue weighted by atomic mass is 10.1. The third-order valence-electron chi connectivity index (χ3n) is 3.98. The molecule has 1 amide bonds. The molecule has 0 spiro atoms. The first-order valence-electron chi connectivity index (χ1n) is 7.82. The van der Waals surface area contributed by atoms with E-state index in [1.807, 2.05) is 13.8 Å². The third-order valence-corrected chi connectivity index (χ3v) is 4.31. The zero-order valence-electron chi connectivity index (χ0n) is 14.8. The number of rotatable bonds is 3. The molecule has 2 aromatic heterocycles. The number of anilines is 1. The average molecular weight is 373 g/mol. The molecule has 0 saturated carbocycles. The van der Waals surface area contributed by atoms with Crippen LogP contribution in [0.15, 0.2) is 24.3 Å². The number of carbonyl (C=O) groups excluding carboxylic acids is 2. The normalized spacial score (nSPS) is 10.8. The van der Waals surface area contributed by atoms with Crippen LogP contribution in [-0.2, 0) is 11.8 Å². The van der Waals surface area contributed by atoms with Crippen molar-refractivity contribution in [1.82, 2.24) is 14.8 Å². The number of nitrogens with zero attached hydrogens (tertiary/aromatic N) is 3. The molecule has 2 heterocycles. The number of aryl methyl sites for hydroxylation is 3. The topological polar surface area (TPSA) is 86.1 Å². The van der Waals surface area contributed by atoms with Crippen LogP contribution in [0.3, 0.4) is 0 Å². The van der Waals surface area contributed by atoms with Crippen LogP contribution in [0.25, 0.3) is 11.0 Å². The first-order chi connectivity index (χ1) is 12.3. The molecule has 0 radical (unpaired) electrons. The number of fused-ring (bicyclic) bond motifs is 1. The number of ether oxygens (including phenoxy) is 1. The van der Waals surface area contributed by atoms with Crippen molar-refractivity contribution in [1.29, 1.82) is 0 Å². The molecule has 134 valence electrons. The van der Waals surface area contributed by atoms with Gasteiger partial charge in [-0.2, -0.15) is 5.10 Å². The maximum atomic E-state index is 12.9. The number of amides is 1. The van der Waals surface area contributed by atoms with Crippen LogP contribution >= 0.6 is 11.6 Å². The van der Waals surface area contributed by atoms with Crippen molar-refractivity contribution in [3.8, 4) is 0 Å². The molecule has 1 aromatic carbocycles. The Bertz CT molecular complexity index is 1040. The van der Waals surface area contributed by atoms with Crippen molar-refractivity contribution in [2.45, 2.75) is 13.8 Å². The number of hydrogen-bond donors (Lipinski definition) is 1. The molecule has 1 N–H and O–H groups in total. The number of benzene rings is 1. The molecule has 0 unspecified atom stereocenters. The smallest absolute Gasteiger partial charge is 0.337 e. The predicted molar refractivity (Wildman–Crippen MR) is 98.7 cm³/mol. The van der Waals surface area contributed by atoms with Gasteiger partial charge in [-0.3, -0.25) is 9.48 Å². The van der Waals surface area contributed by atoms with Crippen molar-refractivity contribution < 1.29 is 14.3 Å². The van der Waals surface area contributed by atoms with E-state index in [1.54, 1.807) is 17.8 Å². The largest absolute Gasteiger partial charge is 0.465 e. The van der Waals surface area contributed by atoms with E-state index in [9.17, 15) is 9.59 Å². The SMILES string of the molecule is COC(=O)c1ccc(Cl)c(NC(=O)c2cc(C)nc3c2c(C)nn3C)c1. The maximum Gasteiger partial charge on any atom is 0.337 e. The molecule has 3 aromatic rings. The van der Waals surface area contributed by atoms with Gasteiger partial charge >= 0.3 is 5.97 Å². The number of esters is 1. The number of nitrogens with one attached hydrogen (secondary N) is 1. The Balaban J connectivity index is 2.04. The van der Waals surface area contributed by atoms with Crippen molar-refractivity contribution in [3.05, 3.63) is 51.8 Å². The van der Waals surface area contributed by atoms with Crippen molar-refractivity contribution in [3.63, 3.8) is 0 Å². The summed E-state index contributed by atoms with van der Waals surface area (Å²) in [5, 5.41) is 8.08. The minimum atomic E-state index is -0.512. The lowest BCUT2D eigenvalue weighted by molar-refractivity contribution is 0.0600. The summed E-state index contributed by atoms with van der Waals surface area (Å²) in [6.07, 6.45) is 0. The highest BCUT2D eigenvalue weighted by molar-refractivity contribution is 6.34. The second-order valence-electron chi connectivity index (χ2n) is 5.86. The summed E-state index contributed by atoms with van der Waals surface area (Å²) in [6.45, 7) is 3.63. The highest BCUT2D eigenvalue weighted by atomic mass is 35.5. The van der Waals surface area contributed by atoms with Crippen LogP contribution in [0.2, 0.25) is 5.02 Å². The summed E-state index contributed by atoms with van der Waals surface area (Å²) in [5.74, 6) is -0.872. The summed E-state index contributed by atoms with van der Waals surface area (Å²) < 4.78 is 6.34. The zero-order valence-corrected chi connectivity index (χ0v) is 15.5. The van der Waals surface area contributed by atoms with Crippen molar-refractivity contribution in [2.24, 2.45) is 7.05 Å². The highest BCUT2D eigenvalue weighted by Gasteiger charge is 2.19. The molecule has 0 bridgehead atoms. The second kappa shape index (κ2) is 6.76. The Labute approximate surface area is 154 Å². The molecule has 0 aliphatic heterocycles. The number of halogens is 1. The first kappa shape index (κ1) is 17.9. The summed E-state index contributed by atoms with van der Waals surface area (Å²) >= 11 is 6.16. The van der Waals surface area contributed by atoms with E-state index in [0.717, 1.165) is 0 Å². The molecular formula is C18H17ClN4O3. The van der Waals surface area contributed by atoms with Crippen molar-refractivity contribution >= 4 is 40.2 Å². The maximum absolute atomic E-state index is 12.9. The van der Waals surface area contributed by atoms with E-state index in [1.165, 1.54) is 25.3 Å². The van der Waals surface area contributed by atoms with Gasteiger partial charge in [-0.05, 0) is 38.1 Å². The number of pyridine rings is 1. The summed E-state index contributed by atoms with van der Waals surface area (Å²) in [7, 11) is 3.07. The molecule has 3 rings (SSSR count). The molecule has 0 aliphatic rings. The Kier molecular flexibility index (Phi) is 4.65. The number of aromatic nitrogens is 3. The highest BCUT2D eigenvalue weighted by Crippen LogP contribution is 2.26. The van der Waals surface area contributed by atoms with Crippen LogP contribution in [0.1, 0.15) is 32.1 Å². The fraction of sp³-hybridized carbons (Fsp3) is 0.222. The molecular weight excluding hydrogens is 356 g/mol. The molecule has 0 atom stereocenters. The molecule has 0 saturated heterocycles. The Morgan fingerprint density at radius 2 is 1.96 bits per heavy atom. The Morgan fingerprint density at radius 1 is 1.23 bits per heavy atom. The van der Waals surface area contributed by atoms with Gasteiger partial charge in [-0.1, -0.05) is 11.6 Å². The van der Waals surface area contributed by atoms with Crippen LogP contribution < -0.4 is 5.32 Å². The lowest BCUT2D eigenvalue weighted by Crippen LogP contribution is -2.14. The Hall–Kier alpha value is -2.93. The molecule has 0 fully saturated rings. The van der Waals surface area contributed by atoms with Crippen LogP contribution in [-0.4, -0.2) is 33.8 Å². The molecule has 7 nitrogen and oxygen atoms in total. The summed E-state index contributed by atoms with van der Waals surface area (Å²) in [4.78, 5) is 29.0. The van der Waals surface area contributed by atoms with E-state index in [-0.39, 0.29) is 5.91 Å². The second-order valence-corrected chi connectivity index (χ2v) is 6.27. The fourth-order valence-corrected chi connectivity index (χ4v) is 2.97. The minimum absolute atomic E-state index is 0.292. The van der Waals surface area contributed by atoms with Crippen molar-refractivity contribution in [2.75, 3.05) is 12.4 Å². The predicted octanol–water partition coefficient (Wildman–Crippen LogP) is 3.28. The molecule has 8 heteroatoms. The summed E-state index contributed by atoms with van der Waals surface area (Å²) in [6, 6.07) is 6.24. The van der Waals surface area contributed by atoms with Crippen LogP contribution in [0.4, 0.5) is 5.69 Å².